The maximum atomic E-state index is 16.0. The minimum absolute atomic E-state index is 0.0705. The second-order valence-corrected chi connectivity index (χ2v) is 9.35. The summed E-state index contributed by atoms with van der Waals surface area (Å²) in [5.74, 6) is -0.785. The predicted molar refractivity (Wildman–Crippen MR) is 113 cm³/mol. The molecule has 4 amide bonds. The number of aliphatic imine (C=N–C) groups is 1. The first-order chi connectivity index (χ1) is 16.3. The average Bonchev–Trinajstić information content (AvgIpc) is 3.42. The summed E-state index contributed by atoms with van der Waals surface area (Å²) in [5, 5.41) is 9.26. The number of aromatic nitrogens is 1. The Kier molecular flexibility index (Phi) is 3.61. The molecule has 5 atom stereocenters. The van der Waals surface area contributed by atoms with Crippen molar-refractivity contribution in [1.82, 2.24) is 15.8 Å². The van der Waals surface area contributed by atoms with E-state index in [1.54, 1.807) is 17.9 Å². The maximum absolute atomic E-state index is 16.0. The zero-order valence-corrected chi connectivity index (χ0v) is 18.1. The largest absolute Gasteiger partial charge is 0.444 e. The lowest BCUT2D eigenvalue weighted by molar-refractivity contribution is -0.131. The SMILES string of the molecule is C[C@@H]1CN(c2noc3c(F)c4c(cc23)CC23C(=O)NC(=O)NC2=N[C@@H]2O[C@H](C)CN4[C@H]23)C(=O)O1. The Morgan fingerprint density at radius 1 is 1.18 bits per heavy atom. The molecule has 0 aliphatic carbocycles. The van der Waals surface area contributed by atoms with Gasteiger partial charge >= 0.3 is 12.1 Å². The molecule has 2 aromatic rings. The van der Waals surface area contributed by atoms with Crippen LogP contribution in [0.4, 0.5) is 25.5 Å². The molecule has 5 aliphatic rings. The van der Waals surface area contributed by atoms with Gasteiger partial charge in [-0.2, -0.15) is 0 Å². The molecule has 13 heteroatoms. The van der Waals surface area contributed by atoms with Crippen molar-refractivity contribution in [2.24, 2.45) is 10.4 Å². The topological polar surface area (TPSA) is 139 Å². The van der Waals surface area contributed by atoms with Crippen LogP contribution in [0.25, 0.3) is 11.0 Å². The number of cyclic esters (lactones) is 1. The molecule has 2 N–H and O–H groups in total. The first kappa shape index (κ1) is 19.7. The van der Waals surface area contributed by atoms with Gasteiger partial charge in [0, 0.05) is 6.54 Å². The Balaban J connectivity index is 1.44. The van der Waals surface area contributed by atoms with Crippen LogP contribution in [0.3, 0.4) is 0 Å². The van der Waals surface area contributed by atoms with E-state index in [-0.39, 0.29) is 48.1 Å². The molecule has 1 spiro atoms. The number of morpholine rings is 1. The Hall–Kier alpha value is -3.74. The fourth-order valence-electron chi connectivity index (χ4n) is 5.92. The van der Waals surface area contributed by atoms with Crippen LogP contribution in [0, 0.1) is 11.2 Å². The standard InChI is InChI=1S/C21H19FN6O6/c1-7-5-27-12-9(4-21-14(27)16(32-7)23-17(21)24-19(30)25-18(21)29)3-10-13(11(12)22)34-26-15(10)28-6-8(2)33-20(28)31/h3,7-8,14,16H,4-6H2,1-2H3,(H2,23,24,25,29,30)/t7-,8-,14-,16-,21?/m1/s1. The van der Waals surface area contributed by atoms with Crippen LogP contribution in [0.15, 0.2) is 15.6 Å². The van der Waals surface area contributed by atoms with E-state index in [9.17, 15) is 14.4 Å². The highest BCUT2D eigenvalue weighted by atomic mass is 19.1. The van der Waals surface area contributed by atoms with Crippen LogP contribution in [0.2, 0.25) is 0 Å². The third kappa shape index (κ3) is 2.27. The highest BCUT2D eigenvalue weighted by Gasteiger charge is 2.66. The zero-order valence-electron chi connectivity index (χ0n) is 18.1. The highest BCUT2D eigenvalue weighted by Crippen LogP contribution is 2.52. The molecular formula is C21H19FN6O6. The summed E-state index contributed by atoms with van der Waals surface area (Å²) in [4.78, 5) is 45.2. The molecular weight excluding hydrogens is 451 g/mol. The summed E-state index contributed by atoms with van der Waals surface area (Å²) >= 11 is 0. The van der Waals surface area contributed by atoms with Gasteiger partial charge in [-0.25, -0.2) is 19.0 Å². The van der Waals surface area contributed by atoms with E-state index >= 15 is 4.39 Å². The van der Waals surface area contributed by atoms with Gasteiger partial charge in [-0.05, 0) is 31.9 Å². The second kappa shape index (κ2) is 6.23. The summed E-state index contributed by atoms with van der Waals surface area (Å²) in [5.41, 5.74) is -0.553. The average molecular weight is 470 g/mol. The van der Waals surface area contributed by atoms with Crippen LogP contribution in [-0.4, -0.2) is 66.6 Å². The Morgan fingerprint density at radius 2 is 2.00 bits per heavy atom. The number of imide groups is 1. The van der Waals surface area contributed by atoms with Crippen molar-refractivity contribution in [2.75, 3.05) is 22.9 Å². The summed E-state index contributed by atoms with van der Waals surface area (Å²) in [6.45, 7) is 4.13. The first-order valence-electron chi connectivity index (χ1n) is 11.0. The van der Waals surface area contributed by atoms with Crippen molar-refractivity contribution in [1.29, 1.82) is 0 Å². The molecule has 0 saturated carbocycles. The number of urea groups is 1. The highest BCUT2D eigenvalue weighted by molar-refractivity contribution is 6.23. The minimum Gasteiger partial charge on any atom is -0.444 e. The van der Waals surface area contributed by atoms with Gasteiger partial charge in [0.15, 0.2) is 17.9 Å². The van der Waals surface area contributed by atoms with Crippen molar-refractivity contribution in [3.63, 3.8) is 0 Å². The molecule has 34 heavy (non-hydrogen) atoms. The van der Waals surface area contributed by atoms with E-state index in [1.807, 2.05) is 6.92 Å². The summed E-state index contributed by atoms with van der Waals surface area (Å²) < 4.78 is 32.5. The van der Waals surface area contributed by atoms with Crippen molar-refractivity contribution in [3.05, 3.63) is 17.4 Å². The van der Waals surface area contributed by atoms with Crippen molar-refractivity contribution < 1.29 is 32.8 Å². The number of amidine groups is 1. The third-order valence-corrected chi connectivity index (χ3v) is 7.19. The lowest BCUT2D eigenvalue weighted by Crippen LogP contribution is -2.72. The smallest absolute Gasteiger partial charge is 0.416 e. The number of ether oxygens (including phenoxy) is 2. The molecule has 12 nitrogen and oxygen atoms in total. The van der Waals surface area contributed by atoms with Crippen LogP contribution in [-0.2, 0) is 20.7 Å². The number of halogens is 1. The molecule has 6 heterocycles. The molecule has 3 fully saturated rings. The number of rotatable bonds is 1. The van der Waals surface area contributed by atoms with Gasteiger partial charge in [-0.1, -0.05) is 5.16 Å². The number of fused-ring (bicyclic) bond motifs is 3. The molecule has 1 aromatic carbocycles. The number of hydrogen-bond acceptors (Lipinski definition) is 9. The number of amides is 4. The first-order valence-corrected chi connectivity index (χ1v) is 11.0. The van der Waals surface area contributed by atoms with E-state index in [2.05, 4.69) is 20.8 Å². The molecule has 0 bridgehead atoms. The maximum Gasteiger partial charge on any atom is 0.416 e. The van der Waals surface area contributed by atoms with E-state index in [0.717, 1.165) is 0 Å². The van der Waals surface area contributed by atoms with Gasteiger partial charge in [0.1, 0.15) is 17.4 Å². The summed E-state index contributed by atoms with van der Waals surface area (Å²) in [7, 11) is 0. The fourth-order valence-corrected chi connectivity index (χ4v) is 5.92. The van der Waals surface area contributed by atoms with Crippen molar-refractivity contribution >= 4 is 46.3 Å². The van der Waals surface area contributed by atoms with Crippen molar-refractivity contribution in [2.45, 2.75) is 44.7 Å². The summed E-state index contributed by atoms with van der Waals surface area (Å²) in [6.07, 6.45) is -1.93. The number of hydrogen-bond donors (Lipinski definition) is 2. The second-order valence-electron chi connectivity index (χ2n) is 9.35. The summed E-state index contributed by atoms with van der Waals surface area (Å²) in [6, 6.07) is 0.383. The van der Waals surface area contributed by atoms with Gasteiger partial charge in [0.05, 0.1) is 29.8 Å². The van der Waals surface area contributed by atoms with Gasteiger partial charge < -0.3 is 18.9 Å². The predicted octanol–water partition coefficient (Wildman–Crippen LogP) is 1.03. The monoisotopic (exact) mass is 470 g/mol. The lowest BCUT2D eigenvalue weighted by atomic mass is 9.69. The molecule has 1 unspecified atom stereocenters. The number of nitrogens with zero attached hydrogens (tertiary/aromatic N) is 4. The number of benzene rings is 1. The third-order valence-electron chi connectivity index (χ3n) is 7.19. The van der Waals surface area contributed by atoms with E-state index in [0.29, 0.717) is 17.5 Å². The Morgan fingerprint density at radius 3 is 2.76 bits per heavy atom. The number of carbonyl (C=O) groups excluding carboxylic acids is 3. The van der Waals surface area contributed by atoms with Crippen LogP contribution in [0.5, 0.6) is 0 Å². The molecule has 7 rings (SSSR count). The molecule has 0 radical (unpaired) electrons. The van der Waals surface area contributed by atoms with Gasteiger partial charge in [0.25, 0.3) is 0 Å². The lowest BCUT2D eigenvalue weighted by Gasteiger charge is -2.52. The normalized spacial score (nSPS) is 33.7. The van der Waals surface area contributed by atoms with Crippen LogP contribution in [0.1, 0.15) is 19.4 Å². The van der Waals surface area contributed by atoms with E-state index < -0.39 is 41.5 Å². The van der Waals surface area contributed by atoms with Gasteiger partial charge in [0.2, 0.25) is 11.5 Å². The minimum atomic E-state index is -1.26. The number of nitrogens with one attached hydrogen (secondary N) is 2. The Bertz CT molecular complexity index is 1360. The van der Waals surface area contributed by atoms with Gasteiger partial charge in [-0.3, -0.25) is 20.3 Å². The molecule has 1 aromatic heterocycles. The molecule has 3 saturated heterocycles. The van der Waals surface area contributed by atoms with E-state index in [1.165, 1.54) is 4.90 Å². The number of carbonyl (C=O) groups is 3. The zero-order chi connectivity index (χ0) is 23.5. The fraction of sp³-hybridized carbons (Fsp3) is 0.476. The van der Waals surface area contributed by atoms with Crippen molar-refractivity contribution in [3.8, 4) is 0 Å². The van der Waals surface area contributed by atoms with E-state index in [4.69, 9.17) is 14.0 Å². The number of anilines is 2. The molecule has 5 aliphatic heterocycles. The Labute approximate surface area is 191 Å². The van der Waals surface area contributed by atoms with Crippen LogP contribution >= 0.6 is 0 Å². The quantitative estimate of drug-likeness (QED) is 0.630. The molecule has 176 valence electrons. The van der Waals surface area contributed by atoms with Crippen LogP contribution < -0.4 is 20.4 Å². The van der Waals surface area contributed by atoms with Gasteiger partial charge in [-0.15, -0.1) is 0 Å².